The first-order valence-electron chi connectivity index (χ1n) is 7.27. The molecule has 0 aliphatic carbocycles. The van der Waals surface area contributed by atoms with Crippen molar-refractivity contribution in [2.45, 2.75) is 32.4 Å². The van der Waals surface area contributed by atoms with Crippen LogP contribution in [0.3, 0.4) is 0 Å². The molecule has 0 atom stereocenters. The van der Waals surface area contributed by atoms with Gasteiger partial charge in [0.1, 0.15) is 11.8 Å². The number of piperidine rings is 1. The van der Waals surface area contributed by atoms with Gasteiger partial charge in [0, 0.05) is 38.2 Å². The predicted molar refractivity (Wildman–Crippen MR) is 79.7 cm³/mol. The first kappa shape index (κ1) is 15.3. The summed E-state index contributed by atoms with van der Waals surface area (Å²) < 4.78 is 5.42. The van der Waals surface area contributed by atoms with Crippen LogP contribution in [0.15, 0.2) is 24.3 Å². The van der Waals surface area contributed by atoms with E-state index in [2.05, 4.69) is 5.32 Å². The molecule has 21 heavy (non-hydrogen) atoms. The number of hydrogen-bond acceptors (Lipinski definition) is 4. The van der Waals surface area contributed by atoms with Crippen LogP contribution < -0.4 is 10.1 Å². The lowest BCUT2D eigenvalue weighted by atomic mass is 10.0. The zero-order valence-corrected chi connectivity index (χ0v) is 12.3. The number of benzene rings is 1. The van der Waals surface area contributed by atoms with Crippen LogP contribution in [0.25, 0.3) is 0 Å². The van der Waals surface area contributed by atoms with E-state index in [0.717, 1.165) is 37.2 Å². The smallest absolute Gasteiger partial charge is 0.219 e. The van der Waals surface area contributed by atoms with E-state index >= 15 is 0 Å². The summed E-state index contributed by atoms with van der Waals surface area (Å²) in [4.78, 5) is 13.2. The summed E-state index contributed by atoms with van der Waals surface area (Å²) >= 11 is 0. The summed E-state index contributed by atoms with van der Waals surface area (Å²) in [5.41, 5.74) is 1.06. The molecule has 2 rings (SSSR count). The molecule has 1 aromatic rings. The highest BCUT2D eigenvalue weighted by molar-refractivity contribution is 5.73. The highest BCUT2D eigenvalue weighted by Gasteiger charge is 2.20. The van der Waals surface area contributed by atoms with Crippen LogP contribution in [0.4, 0.5) is 0 Å². The lowest BCUT2D eigenvalue weighted by molar-refractivity contribution is -0.129. The fraction of sp³-hybridized carbons (Fsp3) is 0.500. The Hall–Kier alpha value is -2.06. The number of carbonyl (C=O) groups is 1. The topological polar surface area (TPSA) is 65.4 Å². The van der Waals surface area contributed by atoms with E-state index in [0.29, 0.717) is 12.6 Å². The molecule has 1 heterocycles. The molecular weight excluding hydrogens is 266 g/mol. The van der Waals surface area contributed by atoms with Gasteiger partial charge in [0.15, 0.2) is 6.61 Å². The monoisotopic (exact) mass is 287 g/mol. The third kappa shape index (κ3) is 4.47. The number of nitriles is 1. The molecule has 5 nitrogen and oxygen atoms in total. The second-order valence-corrected chi connectivity index (χ2v) is 5.22. The summed E-state index contributed by atoms with van der Waals surface area (Å²) in [6.07, 6.45) is 1.95. The summed E-state index contributed by atoms with van der Waals surface area (Å²) in [6, 6.07) is 10.2. The minimum absolute atomic E-state index is 0.0635. The van der Waals surface area contributed by atoms with Crippen LogP contribution in [-0.4, -0.2) is 36.5 Å². The Bertz CT molecular complexity index is 516. The first-order valence-corrected chi connectivity index (χ1v) is 7.27. The number of nitrogens with one attached hydrogen (secondary N) is 1. The Morgan fingerprint density at radius 2 is 2.14 bits per heavy atom. The van der Waals surface area contributed by atoms with Gasteiger partial charge in [0.2, 0.25) is 5.91 Å². The van der Waals surface area contributed by atoms with Gasteiger partial charge in [0.25, 0.3) is 0 Å². The lowest BCUT2D eigenvalue weighted by Gasteiger charge is -2.32. The number of hydrogen-bond donors (Lipinski definition) is 1. The van der Waals surface area contributed by atoms with Crippen molar-refractivity contribution in [2.75, 3.05) is 19.7 Å². The molecule has 1 fully saturated rings. The van der Waals surface area contributed by atoms with Crippen molar-refractivity contribution in [3.63, 3.8) is 0 Å². The molecule has 112 valence electrons. The fourth-order valence-corrected chi connectivity index (χ4v) is 2.55. The maximum atomic E-state index is 11.3. The van der Waals surface area contributed by atoms with Crippen LogP contribution in [0, 0.1) is 11.3 Å². The predicted octanol–water partition coefficient (Wildman–Crippen LogP) is 1.69. The molecular formula is C16H21N3O2. The van der Waals surface area contributed by atoms with Crippen LogP contribution in [0.5, 0.6) is 5.75 Å². The highest BCUT2D eigenvalue weighted by atomic mass is 16.5. The Morgan fingerprint density at radius 3 is 2.81 bits per heavy atom. The Kier molecular flexibility index (Phi) is 5.59. The number of likely N-dealkylation sites (tertiary alicyclic amines) is 1. The van der Waals surface area contributed by atoms with Gasteiger partial charge in [-0.1, -0.05) is 18.2 Å². The summed E-state index contributed by atoms with van der Waals surface area (Å²) in [5.74, 6) is 0.913. The number of rotatable bonds is 5. The van der Waals surface area contributed by atoms with E-state index in [4.69, 9.17) is 10.00 Å². The number of nitrogens with zero attached hydrogens (tertiary/aromatic N) is 2. The van der Waals surface area contributed by atoms with Gasteiger partial charge in [-0.25, -0.2) is 0 Å². The van der Waals surface area contributed by atoms with Crippen LogP contribution in [0.2, 0.25) is 0 Å². The molecule has 0 aromatic heterocycles. The van der Waals surface area contributed by atoms with Crippen molar-refractivity contribution in [1.29, 1.82) is 5.26 Å². The maximum absolute atomic E-state index is 11.3. The maximum Gasteiger partial charge on any atom is 0.219 e. The van der Waals surface area contributed by atoms with Gasteiger partial charge in [-0.05, 0) is 18.9 Å². The molecule has 0 bridgehead atoms. The van der Waals surface area contributed by atoms with E-state index in [-0.39, 0.29) is 12.5 Å². The molecule has 1 aliphatic heterocycles. The molecule has 1 aromatic carbocycles. The van der Waals surface area contributed by atoms with Crippen molar-refractivity contribution >= 4 is 5.91 Å². The summed E-state index contributed by atoms with van der Waals surface area (Å²) in [5, 5.41) is 12.1. The lowest BCUT2D eigenvalue weighted by Crippen LogP contribution is -2.43. The fourth-order valence-electron chi connectivity index (χ4n) is 2.55. The number of para-hydroxylation sites is 1. The third-order valence-electron chi connectivity index (χ3n) is 3.79. The number of amides is 1. The second-order valence-electron chi connectivity index (χ2n) is 5.22. The largest absolute Gasteiger partial charge is 0.478 e. The van der Waals surface area contributed by atoms with Gasteiger partial charge in [0.05, 0.1) is 0 Å². The molecule has 1 N–H and O–H groups in total. The minimum Gasteiger partial charge on any atom is -0.478 e. The molecule has 1 aliphatic rings. The van der Waals surface area contributed by atoms with E-state index in [1.807, 2.05) is 35.2 Å². The molecule has 0 saturated carbocycles. The van der Waals surface area contributed by atoms with E-state index in [1.165, 1.54) is 0 Å². The number of carbonyl (C=O) groups excluding carboxylic acids is 1. The first-order chi connectivity index (χ1) is 10.2. The van der Waals surface area contributed by atoms with E-state index < -0.39 is 0 Å². The molecule has 0 spiro atoms. The average Bonchev–Trinajstić information content (AvgIpc) is 2.52. The minimum atomic E-state index is 0.0635. The Morgan fingerprint density at radius 1 is 1.43 bits per heavy atom. The van der Waals surface area contributed by atoms with Crippen LogP contribution >= 0.6 is 0 Å². The highest BCUT2D eigenvalue weighted by Crippen LogP contribution is 2.19. The second kappa shape index (κ2) is 7.65. The van der Waals surface area contributed by atoms with Crippen LogP contribution in [-0.2, 0) is 11.3 Å². The van der Waals surface area contributed by atoms with Crippen molar-refractivity contribution in [3.05, 3.63) is 29.8 Å². The Balaban J connectivity index is 1.84. The van der Waals surface area contributed by atoms with Crippen molar-refractivity contribution in [3.8, 4) is 11.8 Å². The zero-order chi connectivity index (χ0) is 15.1. The molecule has 1 saturated heterocycles. The molecule has 0 unspecified atom stereocenters. The van der Waals surface area contributed by atoms with Gasteiger partial charge >= 0.3 is 0 Å². The van der Waals surface area contributed by atoms with Gasteiger partial charge in [-0.3, -0.25) is 4.79 Å². The molecule has 1 amide bonds. The SMILES string of the molecule is CC(=O)N1CCC(NCc2ccccc2OCC#N)CC1. The van der Waals surface area contributed by atoms with Crippen molar-refractivity contribution < 1.29 is 9.53 Å². The summed E-state index contributed by atoms with van der Waals surface area (Å²) in [6.45, 7) is 4.04. The van der Waals surface area contributed by atoms with E-state index in [9.17, 15) is 4.79 Å². The van der Waals surface area contributed by atoms with Crippen LogP contribution in [0.1, 0.15) is 25.3 Å². The van der Waals surface area contributed by atoms with Gasteiger partial charge < -0.3 is 15.0 Å². The van der Waals surface area contributed by atoms with Crippen molar-refractivity contribution in [2.24, 2.45) is 0 Å². The van der Waals surface area contributed by atoms with Crippen molar-refractivity contribution in [1.82, 2.24) is 10.2 Å². The standard InChI is InChI=1S/C16H21N3O2/c1-13(20)19-9-6-15(7-10-19)18-12-14-4-2-3-5-16(14)21-11-8-17/h2-5,15,18H,6-7,9-12H2,1H3. The van der Waals surface area contributed by atoms with Gasteiger partial charge in [-0.2, -0.15) is 5.26 Å². The van der Waals surface area contributed by atoms with Gasteiger partial charge in [-0.15, -0.1) is 0 Å². The zero-order valence-electron chi connectivity index (χ0n) is 12.3. The third-order valence-corrected chi connectivity index (χ3v) is 3.79. The number of ether oxygens (including phenoxy) is 1. The van der Waals surface area contributed by atoms with E-state index in [1.54, 1.807) is 6.92 Å². The Labute approximate surface area is 125 Å². The normalized spacial score (nSPS) is 15.5. The molecule has 5 heteroatoms. The quantitative estimate of drug-likeness (QED) is 0.895. The molecule has 0 radical (unpaired) electrons. The summed E-state index contributed by atoms with van der Waals surface area (Å²) in [7, 11) is 0. The average molecular weight is 287 g/mol.